The SMILES string of the molecule is C=C(C)C(=O)OC(COc1ccccc1C(C)(C)c1ccccc1OCC(OCC)OC(=O)C(=C)C)OCC. The van der Waals surface area contributed by atoms with Crippen molar-refractivity contribution in [3.05, 3.63) is 84.0 Å². The molecule has 0 bridgehead atoms. The van der Waals surface area contributed by atoms with Gasteiger partial charge in [0.1, 0.15) is 11.5 Å². The minimum atomic E-state index is -0.886. The molecule has 0 N–H and O–H groups in total. The number of carbonyl (C=O) groups is 2. The largest absolute Gasteiger partial charge is 0.487 e. The molecule has 0 aliphatic rings. The number of ether oxygens (including phenoxy) is 6. The summed E-state index contributed by atoms with van der Waals surface area (Å²) in [6, 6.07) is 15.2. The first-order chi connectivity index (χ1) is 18.5. The molecule has 0 amide bonds. The highest BCUT2D eigenvalue weighted by molar-refractivity contribution is 5.87. The number of para-hydroxylation sites is 2. The summed E-state index contributed by atoms with van der Waals surface area (Å²) in [6.45, 7) is 18.8. The van der Waals surface area contributed by atoms with Crippen LogP contribution >= 0.6 is 0 Å². The number of benzene rings is 2. The van der Waals surface area contributed by atoms with Crippen LogP contribution in [0.2, 0.25) is 0 Å². The Morgan fingerprint density at radius 1 is 0.718 bits per heavy atom. The van der Waals surface area contributed by atoms with Crippen LogP contribution in [0, 0.1) is 0 Å². The van der Waals surface area contributed by atoms with Gasteiger partial charge in [0.25, 0.3) is 0 Å². The second kappa shape index (κ2) is 15.1. The molecule has 2 rings (SSSR count). The molecule has 212 valence electrons. The molecule has 2 atom stereocenters. The van der Waals surface area contributed by atoms with Crippen LogP contribution in [-0.2, 0) is 34.0 Å². The summed E-state index contributed by atoms with van der Waals surface area (Å²) < 4.78 is 34.1. The van der Waals surface area contributed by atoms with Gasteiger partial charge in [-0.2, -0.15) is 0 Å². The van der Waals surface area contributed by atoms with Gasteiger partial charge in [0.2, 0.25) is 12.6 Å². The van der Waals surface area contributed by atoms with Crippen molar-refractivity contribution < 1.29 is 38.0 Å². The van der Waals surface area contributed by atoms with E-state index in [1.54, 1.807) is 13.8 Å². The molecule has 8 nitrogen and oxygen atoms in total. The average molecular weight is 541 g/mol. The summed E-state index contributed by atoms with van der Waals surface area (Å²) >= 11 is 0. The first kappa shape index (κ1) is 31.6. The molecule has 0 saturated carbocycles. The maximum absolute atomic E-state index is 12.0. The highest BCUT2D eigenvalue weighted by atomic mass is 16.7. The van der Waals surface area contributed by atoms with Crippen molar-refractivity contribution in [2.75, 3.05) is 26.4 Å². The molecule has 0 aliphatic carbocycles. The van der Waals surface area contributed by atoms with Gasteiger partial charge in [0.15, 0.2) is 13.2 Å². The van der Waals surface area contributed by atoms with E-state index in [4.69, 9.17) is 28.4 Å². The fourth-order valence-electron chi connectivity index (χ4n) is 3.72. The molecule has 0 radical (unpaired) electrons. The summed E-state index contributed by atoms with van der Waals surface area (Å²) in [5, 5.41) is 0. The minimum Gasteiger partial charge on any atom is -0.487 e. The number of hydrogen-bond acceptors (Lipinski definition) is 8. The number of hydrogen-bond donors (Lipinski definition) is 0. The third-order valence-corrected chi connectivity index (χ3v) is 5.75. The fraction of sp³-hybridized carbons (Fsp3) is 0.419. The van der Waals surface area contributed by atoms with Crippen LogP contribution in [0.4, 0.5) is 0 Å². The van der Waals surface area contributed by atoms with Crippen molar-refractivity contribution in [3.63, 3.8) is 0 Å². The standard InChI is InChI=1S/C31H40O8/c1-9-34-27(38-29(32)21(3)4)19-36-25-17-13-11-15-23(25)31(7,8)24-16-12-14-18-26(24)37-20-28(35-10-2)39-30(33)22(5)6/h11-18,27-28H,3,5,9-10,19-20H2,1-2,4,6-8H3. The molecule has 0 aromatic heterocycles. The van der Waals surface area contributed by atoms with E-state index in [1.165, 1.54) is 0 Å². The van der Waals surface area contributed by atoms with Gasteiger partial charge in [0.05, 0.1) is 0 Å². The zero-order valence-corrected chi connectivity index (χ0v) is 23.8. The first-order valence-electron chi connectivity index (χ1n) is 12.9. The van der Waals surface area contributed by atoms with E-state index >= 15 is 0 Å². The smallest absolute Gasteiger partial charge is 0.335 e. The molecule has 2 aromatic carbocycles. The maximum Gasteiger partial charge on any atom is 0.335 e. The summed E-state index contributed by atoms with van der Waals surface area (Å²) in [6.07, 6.45) is -1.77. The second-order valence-electron chi connectivity index (χ2n) is 9.38. The third-order valence-electron chi connectivity index (χ3n) is 5.75. The Morgan fingerprint density at radius 2 is 1.08 bits per heavy atom. The van der Waals surface area contributed by atoms with Crippen LogP contribution in [0.25, 0.3) is 0 Å². The summed E-state index contributed by atoms with van der Waals surface area (Å²) in [7, 11) is 0. The maximum atomic E-state index is 12.0. The predicted molar refractivity (Wildman–Crippen MR) is 149 cm³/mol. The van der Waals surface area contributed by atoms with Crippen molar-refractivity contribution in [2.45, 2.75) is 59.5 Å². The molecule has 0 aliphatic heterocycles. The van der Waals surface area contributed by atoms with Crippen molar-refractivity contribution in [1.29, 1.82) is 0 Å². The summed E-state index contributed by atoms with van der Waals surface area (Å²) in [5.74, 6) is 0.124. The zero-order valence-electron chi connectivity index (χ0n) is 23.8. The third kappa shape index (κ3) is 9.26. The van der Waals surface area contributed by atoms with E-state index in [1.807, 2.05) is 62.4 Å². The molecule has 39 heavy (non-hydrogen) atoms. The van der Waals surface area contributed by atoms with E-state index in [0.717, 1.165) is 11.1 Å². The normalized spacial score (nSPS) is 12.7. The molecule has 0 heterocycles. The lowest BCUT2D eigenvalue weighted by Gasteiger charge is -2.30. The van der Waals surface area contributed by atoms with Gasteiger partial charge in [-0.25, -0.2) is 9.59 Å². The molecule has 8 heteroatoms. The molecule has 2 unspecified atom stereocenters. The molecule has 0 saturated heterocycles. The van der Waals surface area contributed by atoms with Crippen molar-refractivity contribution >= 4 is 11.9 Å². The van der Waals surface area contributed by atoms with E-state index in [2.05, 4.69) is 27.0 Å². The lowest BCUT2D eigenvalue weighted by molar-refractivity contribution is -0.180. The fourth-order valence-corrected chi connectivity index (χ4v) is 3.72. The number of carbonyl (C=O) groups excluding carboxylic acids is 2. The van der Waals surface area contributed by atoms with Gasteiger partial charge in [-0.3, -0.25) is 0 Å². The molecular formula is C31H40O8. The van der Waals surface area contributed by atoms with E-state index < -0.39 is 29.9 Å². The first-order valence-corrected chi connectivity index (χ1v) is 12.9. The lowest BCUT2D eigenvalue weighted by atomic mass is 9.77. The van der Waals surface area contributed by atoms with Crippen LogP contribution < -0.4 is 9.47 Å². The van der Waals surface area contributed by atoms with E-state index in [9.17, 15) is 9.59 Å². The van der Waals surface area contributed by atoms with Crippen molar-refractivity contribution in [3.8, 4) is 11.5 Å². The highest BCUT2D eigenvalue weighted by Crippen LogP contribution is 2.41. The van der Waals surface area contributed by atoms with Crippen molar-refractivity contribution in [2.24, 2.45) is 0 Å². The molecule has 0 spiro atoms. The van der Waals surface area contributed by atoms with Crippen LogP contribution in [0.15, 0.2) is 72.8 Å². The van der Waals surface area contributed by atoms with Crippen LogP contribution in [0.1, 0.15) is 52.7 Å². The summed E-state index contributed by atoms with van der Waals surface area (Å²) in [5.41, 5.74) is 1.76. The lowest BCUT2D eigenvalue weighted by Crippen LogP contribution is -2.30. The number of rotatable bonds is 16. The predicted octanol–water partition coefficient (Wildman–Crippen LogP) is 5.73. The topological polar surface area (TPSA) is 89.5 Å². The Bertz CT molecular complexity index is 1050. The monoisotopic (exact) mass is 540 g/mol. The molecule has 2 aromatic rings. The van der Waals surface area contributed by atoms with Gasteiger partial charge in [-0.05, 0) is 39.8 Å². The van der Waals surface area contributed by atoms with Crippen LogP contribution in [0.5, 0.6) is 11.5 Å². The Kier molecular flexibility index (Phi) is 12.2. The van der Waals surface area contributed by atoms with Crippen molar-refractivity contribution in [1.82, 2.24) is 0 Å². The van der Waals surface area contributed by atoms with E-state index in [0.29, 0.717) is 24.7 Å². The molecule has 0 fully saturated rings. The summed E-state index contributed by atoms with van der Waals surface area (Å²) in [4.78, 5) is 24.0. The average Bonchev–Trinajstić information content (AvgIpc) is 2.90. The quantitative estimate of drug-likeness (QED) is 0.151. The van der Waals surface area contributed by atoms with Crippen LogP contribution in [-0.4, -0.2) is 50.9 Å². The minimum absolute atomic E-state index is 0.00221. The Hall–Kier alpha value is -3.62. The number of esters is 2. The van der Waals surface area contributed by atoms with Gasteiger partial charge in [0, 0.05) is 40.9 Å². The Labute approximate surface area is 231 Å². The van der Waals surface area contributed by atoms with E-state index in [-0.39, 0.29) is 24.4 Å². The van der Waals surface area contributed by atoms with Gasteiger partial charge in [-0.15, -0.1) is 0 Å². The van der Waals surface area contributed by atoms with Crippen LogP contribution in [0.3, 0.4) is 0 Å². The zero-order chi connectivity index (χ0) is 29.0. The Balaban J connectivity index is 2.28. The highest BCUT2D eigenvalue weighted by Gasteiger charge is 2.30. The second-order valence-corrected chi connectivity index (χ2v) is 9.38. The van der Waals surface area contributed by atoms with Gasteiger partial charge >= 0.3 is 11.9 Å². The molecular weight excluding hydrogens is 500 g/mol. The van der Waals surface area contributed by atoms with Gasteiger partial charge in [-0.1, -0.05) is 63.4 Å². The Morgan fingerprint density at radius 3 is 1.41 bits per heavy atom. The van der Waals surface area contributed by atoms with Gasteiger partial charge < -0.3 is 28.4 Å².